The molecule has 1 N–H and O–H groups in total. The Balaban J connectivity index is 1.14. The molecule has 1 unspecified atom stereocenters. The zero-order valence-corrected chi connectivity index (χ0v) is 19.0. The van der Waals surface area contributed by atoms with Crippen LogP contribution in [0.5, 0.6) is 5.75 Å². The SMILES string of the molecule is CC1(C)OCC(COc2cccc(CN3CCC[C@@H](Cc4ccc5[nH]ncc5c4)C3)c2)O1. The van der Waals surface area contributed by atoms with Crippen LogP contribution in [0.15, 0.2) is 48.7 Å². The summed E-state index contributed by atoms with van der Waals surface area (Å²) in [6.07, 6.45) is 5.57. The topological polar surface area (TPSA) is 59.6 Å². The smallest absolute Gasteiger partial charge is 0.163 e. The molecule has 2 saturated heterocycles. The first kappa shape index (κ1) is 21.4. The molecule has 0 bridgehead atoms. The van der Waals surface area contributed by atoms with E-state index in [1.54, 1.807) is 0 Å². The van der Waals surface area contributed by atoms with Crippen molar-refractivity contribution in [1.82, 2.24) is 15.1 Å². The minimum atomic E-state index is -0.509. The van der Waals surface area contributed by atoms with Crippen LogP contribution in [0.1, 0.15) is 37.8 Å². The van der Waals surface area contributed by atoms with Crippen molar-refractivity contribution in [3.8, 4) is 5.75 Å². The standard InChI is InChI=1S/C26H33N3O3/c1-26(2)31-18-24(32-26)17-30-23-7-3-5-21(13-23)16-29-10-4-6-20(15-29)11-19-8-9-25-22(12-19)14-27-28-25/h3,5,7-9,12-14,20,24H,4,6,10-11,15-18H2,1-2H3,(H,27,28)/t20-,24?/m0/s1. The zero-order chi connectivity index (χ0) is 22.0. The molecule has 2 aromatic carbocycles. The molecule has 0 amide bonds. The maximum absolute atomic E-state index is 6.01. The summed E-state index contributed by atoms with van der Waals surface area (Å²) in [7, 11) is 0. The number of rotatable bonds is 7. The van der Waals surface area contributed by atoms with E-state index >= 15 is 0 Å². The van der Waals surface area contributed by atoms with Gasteiger partial charge in [-0.3, -0.25) is 10.00 Å². The Bertz CT molecular complexity index is 1050. The van der Waals surface area contributed by atoms with Gasteiger partial charge in [0.1, 0.15) is 18.5 Å². The van der Waals surface area contributed by atoms with Crippen LogP contribution in [0, 0.1) is 5.92 Å². The number of hydrogen-bond acceptors (Lipinski definition) is 5. The van der Waals surface area contributed by atoms with Crippen molar-refractivity contribution in [1.29, 1.82) is 0 Å². The predicted molar refractivity (Wildman–Crippen MR) is 125 cm³/mol. The number of ether oxygens (including phenoxy) is 3. The van der Waals surface area contributed by atoms with Crippen LogP contribution in [0.25, 0.3) is 10.9 Å². The van der Waals surface area contributed by atoms with Crippen molar-refractivity contribution in [3.05, 3.63) is 59.8 Å². The van der Waals surface area contributed by atoms with Gasteiger partial charge in [-0.15, -0.1) is 0 Å². The molecule has 2 aliphatic heterocycles. The summed E-state index contributed by atoms with van der Waals surface area (Å²) in [5.74, 6) is 1.08. The van der Waals surface area contributed by atoms with E-state index < -0.39 is 5.79 Å². The van der Waals surface area contributed by atoms with Crippen LogP contribution in [-0.4, -0.2) is 53.3 Å². The highest BCUT2D eigenvalue weighted by molar-refractivity contribution is 5.78. The van der Waals surface area contributed by atoms with Gasteiger partial charge in [0.15, 0.2) is 5.79 Å². The number of nitrogens with zero attached hydrogens (tertiary/aromatic N) is 2. The number of H-pyrrole nitrogens is 1. The first-order valence-electron chi connectivity index (χ1n) is 11.7. The van der Waals surface area contributed by atoms with Gasteiger partial charge in [0.2, 0.25) is 0 Å². The summed E-state index contributed by atoms with van der Waals surface area (Å²) in [4.78, 5) is 2.58. The van der Waals surface area contributed by atoms with E-state index in [2.05, 4.69) is 51.5 Å². The first-order valence-corrected chi connectivity index (χ1v) is 11.7. The summed E-state index contributed by atoms with van der Waals surface area (Å²) >= 11 is 0. The number of aromatic amines is 1. The second-order valence-electron chi connectivity index (χ2n) is 9.65. The minimum Gasteiger partial charge on any atom is -0.491 e. The maximum atomic E-state index is 6.01. The van der Waals surface area contributed by atoms with Gasteiger partial charge in [-0.05, 0) is 81.0 Å². The van der Waals surface area contributed by atoms with Gasteiger partial charge in [0.05, 0.1) is 18.3 Å². The average Bonchev–Trinajstić information content (AvgIpc) is 3.38. The van der Waals surface area contributed by atoms with E-state index in [4.69, 9.17) is 14.2 Å². The third-order valence-corrected chi connectivity index (χ3v) is 6.44. The molecule has 3 heterocycles. The van der Waals surface area contributed by atoms with Crippen molar-refractivity contribution in [2.45, 2.75) is 51.5 Å². The van der Waals surface area contributed by atoms with Gasteiger partial charge in [-0.25, -0.2) is 0 Å². The monoisotopic (exact) mass is 435 g/mol. The fourth-order valence-electron chi connectivity index (χ4n) is 4.94. The van der Waals surface area contributed by atoms with Crippen molar-refractivity contribution in [2.75, 3.05) is 26.3 Å². The van der Waals surface area contributed by atoms with Crippen LogP contribution in [0.2, 0.25) is 0 Å². The summed E-state index contributed by atoms with van der Waals surface area (Å²) in [5, 5.41) is 8.38. The van der Waals surface area contributed by atoms with E-state index in [-0.39, 0.29) is 6.10 Å². The highest BCUT2D eigenvalue weighted by Crippen LogP contribution is 2.26. The molecule has 5 rings (SSSR count). The Morgan fingerprint density at radius 1 is 1.19 bits per heavy atom. The van der Waals surface area contributed by atoms with Crippen LogP contribution in [0.4, 0.5) is 0 Å². The molecule has 3 aromatic rings. The first-order chi connectivity index (χ1) is 15.5. The Labute approximate surface area is 189 Å². The Kier molecular flexibility index (Phi) is 6.17. The largest absolute Gasteiger partial charge is 0.491 e. The van der Waals surface area contributed by atoms with Crippen LogP contribution < -0.4 is 4.74 Å². The summed E-state index contributed by atoms with van der Waals surface area (Å²) in [6.45, 7) is 8.23. The molecule has 1 aromatic heterocycles. The molecule has 6 heteroatoms. The predicted octanol–water partition coefficient (Wildman–Crippen LogP) is 4.55. The lowest BCUT2D eigenvalue weighted by Gasteiger charge is -2.33. The number of aromatic nitrogens is 2. The number of nitrogens with one attached hydrogen (secondary N) is 1. The van der Waals surface area contributed by atoms with Crippen molar-refractivity contribution >= 4 is 10.9 Å². The lowest BCUT2D eigenvalue weighted by atomic mass is 9.90. The summed E-state index contributed by atoms with van der Waals surface area (Å²) in [6, 6.07) is 15.1. The second kappa shape index (κ2) is 9.22. The molecule has 0 saturated carbocycles. The molecule has 170 valence electrons. The van der Waals surface area contributed by atoms with Gasteiger partial charge >= 0.3 is 0 Å². The van der Waals surface area contributed by atoms with Gasteiger partial charge < -0.3 is 14.2 Å². The quantitative estimate of drug-likeness (QED) is 0.590. The minimum absolute atomic E-state index is 0.0159. The number of piperidine rings is 1. The number of hydrogen-bond donors (Lipinski definition) is 1. The fraction of sp³-hybridized carbons (Fsp3) is 0.500. The number of benzene rings is 2. The molecule has 0 radical (unpaired) electrons. The van der Waals surface area contributed by atoms with Gasteiger partial charge in [0, 0.05) is 18.5 Å². The Hall–Kier alpha value is -2.41. The lowest BCUT2D eigenvalue weighted by molar-refractivity contribution is -0.141. The molecule has 32 heavy (non-hydrogen) atoms. The molecule has 0 spiro atoms. The van der Waals surface area contributed by atoms with Crippen molar-refractivity contribution < 1.29 is 14.2 Å². The van der Waals surface area contributed by atoms with Crippen LogP contribution in [0.3, 0.4) is 0 Å². The molecular formula is C26H33N3O3. The molecule has 0 aliphatic carbocycles. The second-order valence-corrected chi connectivity index (χ2v) is 9.65. The summed E-state index contributed by atoms with van der Waals surface area (Å²) in [5.41, 5.74) is 3.81. The van der Waals surface area contributed by atoms with Crippen LogP contribution >= 0.6 is 0 Å². The van der Waals surface area contributed by atoms with E-state index in [9.17, 15) is 0 Å². The van der Waals surface area contributed by atoms with Crippen LogP contribution in [-0.2, 0) is 22.4 Å². The zero-order valence-electron chi connectivity index (χ0n) is 19.0. The van der Waals surface area contributed by atoms with Gasteiger partial charge in [-0.2, -0.15) is 5.10 Å². The van der Waals surface area contributed by atoms with E-state index in [1.165, 1.54) is 29.4 Å². The fourth-order valence-corrected chi connectivity index (χ4v) is 4.94. The third kappa shape index (κ3) is 5.31. The lowest BCUT2D eigenvalue weighted by Crippen LogP contribution is -2.35. The molecule has 2 fully saturated rings. The van der Waals surface area contributed by atoms with Gasteiger partial charge in [-0.1, -0.05) is 18.2 Å². The number of likely N-dealkylation sites (tertiary alicyclic amines) is 1. The number of fused-ring (bicyclic) bond motifs is 1. The van der Waals surface area contributed by atoms with Crippen molar-refractivity contribution in [3.63, 3.8) is 0 Å². The highest BCUT2D eigenvalue weighted by Gasteiger charge is 2.33. The van der Waals surface area contributed by atoms with E-state index in [1.807, 2.05) is 26.1 Å². The average molecular weight is 436 g/mol. The normalized spacial score (nSPS) is 23.6. The highest BCUT2D eigenvalue weighted by atomic mass is 16.7. The Morgan fingerprint density at radius 3 is 3.00 bits per heavy atom. The van der Waals surface area contributed by atoms with Crippen molar-refractivity contribution in [2.24, 2.45) is 5.92 Å². The summed E-state index contributed by atoms with van der Waals surface area (Å²) < 4.78 is 17.5. The van der Waals surface area contributed by atoms with E-state index in [0.29, 0.717) is 19.1 Å². The Morgan fingerprint density at radius 2 is 2.12 bits per heavy atom. The molecule has 6 nitrogen and oxygen atoms in total. The molecular weight excluding hydrogens is 402 g/mol. The third-order valence-electron chi connectivity index (χ3n) is 6.44. The molecule has 2 atom stereocenters. The molecule has 2 aliphatic rings. The van der Waals surface area contributed by atoms with Gasteiger partial charge in [0.25, 0.3) is 0 Å². The van der Waals surface area contributed by atoms with E-state index in [0.717, 1.165) is 37.3 Å². The maximum Gasteiger partial charge on any atom is 0.163 e.